The summed E-state index contributed by atoms with van der Waals surface area (Å²) < 4.78 is 0. The Hall–Kier alpha value is -1.84. The minimum absolute atomic E-state index is 0.0400. The van der Waals surface area contributed by atoms with Crippen LogP contribution < -0.4 is 5.32 Å². The van der Waals surface area contributed by atoms with Gasteiger partial charge in [-0.2, -0.15) is 0 Å². The van der Waals surface area contributed by atoms with Crippen LogP contribution >= 0.6 is 11.6 Å². The number of benzene rings is 2. The number of hydrogen-bond donors (Lipinski definition) is 2. The van der Waals surface area contributed by atoms with Gasteiger partial charge in [0.2, 0.25) is 0 Å². The van der Waals surface area contributed by atoms with E-state index >= 15 is 0 Å². The first-order valence-electron chi connectivity index (χ1n) is 6.84. The van der Waals surface area contributed by atoms with Crippen LogP contribution in [0.25, 0.3) is 0 Å². The van der Waals surface area contributed by atoms with Crippen molar-refractivity contribution in [3.8, 4) is 0 Å². The Morgan fingerprint density at radius 1 is 1.14 bits per heavy atom. The largest absolute Gasteiger partial charge is 0.481 e. The Morgan fingerprint density at radius 3 is 2.43 bits per heavy atom. The Kier molecular flexibility index (Phi) is 5.37. The molecule has 0 spiro atoms. The van der Waals surface area contributed by atoms with Crippen molar-refractivity contribution >= 4 is 17.6 Å². The van der Waals surface area contributed by atoms with E-state index in [1.165, 1.54) is 0 Å². The Bertz CT molecular complexity index is 628. The molecule has 2 aromatic carbocycles. The first kappa shape index (κ1) is 15.5. The molecule has 2 N–H and O–H groups in total. The third-order valence-corrected chi connectivity index (χ3v) is 3.77. The summed E-state index contributed by atoms with van der Waals surface area (Å²) >= 11 is 6.18. The zero-order chi connectivity index (χ0) is 15.2. The molecule has 0 amide bonds. The standard InChI is InChI=1S/C17H18ClNO2/c1-12(15-8-4-5-9-16(15)18)19-11-14-7-3-2-6-13(14)10-17(20)21/h2-9,12,19H,10-11H2,1H3,(H,20,21)/t12-/m1/s1. The van der Waals surface area contributed by atoms with Crippen molar-refractivity contribution in [2.24, 2.45) is 0 Å². The van der Waals surface area contributed by atoms with Crippen LogP contribution in [0.2, 0.25) is 5.02 Å². The smallest absolute Gasteiger partial charge is 0.307 e. The molecule has 2 aromatic rings. The van der Waals surface area contributed by atoms with E-state index in [1.54, 1.807) is 0 Å². The normalized spacial score (nSPS) is 12.1. The summed E-state index contributed by atoms with van der Waals surface area (Å²) in [5.41, 5.74) is 2.87. The summed E-state index contributed by atoms with van der Waals surface area (Å²) in [7, 11) is 0. The predicted octanol–water partition coefficient (Wildman–Crippen LogP) is 3.82. The van der Waals surface area contributed by atoms with Crippen LogP contribution in [0, 0.1) is 0 Å². The van der Waals surface area contributed by atoms with Gasteiger partial charge in [-0.15, -0.1) is 0 Å². The fourth-order valence-electron chi connectivity index (χ4n) is 2.26. The van der Waals surface area contributed by atoms with Gasteiger partial charge in [0.25, 0.3) is 0 Å². The third kappa shape index (κ3) is 4.31. The minimum atomic E-state index is -0.818. The van der Waals surface area contributed by atoms with Crippen molar-refractivity contribution < 1.29 is 9.90 Å². The van der Waals surface area contributed by atoms with Gasteiger partial charge in [0.1, 0.15) is 0 Å². The number of carboxylic acid groups (broad SMARTS) is 1. The van der Waals surface area contributed by atoms with Gasteiger partial charge in [-0.25, -0.2) is 0 Å². The molecule has 4 heteroatoms. The average molecular weight is 304 g/mol. The molecule has 0 fully saturated rings. The molecule has 3 nitrogen and oxygen atoms in total. The van der Waals surface area contributed by atoms with E-state index in [0.717, 1.165) is 21.7 Å². The molecule has 0 aromatic heterocycles. The van der Waals surface area contributed by atoms with Crippen molar-refractivity contribution in [3.63, 3.8) is 0 Å². The maximum Gasteiger partial charge on any atom is 0.307 e. The van der Waals surface area contributed by atoms with Crippen molar-refractivity contribution in [2.75, 3.05) is 0 Å². The maximum absolute atomic E-state index is 10.9. The Balaban J connectivity index is 2.06. The highest BCUT2D eigenvalue weighted by molar-refractivity contribution is 6.31. The number of carboxylic acids is 1. The average Bonchev–Trinajstić information content (AvgIpc) is 2.46. The van der Waals surface area contributed by atoms with E-state index < -0.39 is 5.97 Å². The number of nitrogens with one attached hydrogen (secondary N) is 1. The monoisotopic (exact) mass is 303 g/mol. The molecule has 0 aliphatic rings. The molecule has 110 valence electrons. The second-order valence-electron chi connectivity index (χ2n) is 4.96. The summed E-state index contributed by atoms with van der Waals surface area (Å²) in [6.07, 6.45) is 0.0400. The fraction of sp³-hybridized carbons (Fsp3) is 0.235. The summed E-state index contributed by atoms with van der Waals surface area (Å²) in [4.78, 5) is 10.9. The second-order valence-corrected chi connectivity index (χ2v) is 5.37. The maximum atomic E-state index is 10.9. The lowest BCUT2D eigenvalue weighted by molar-refractivity contribution is -0.136. The summed E-state index contributed by atoms with van der Waals surface area (Å²) in [5, 5.41) is 13.1. The lowest BCUT2D eigenvalue weighted by Crippen LogP contribution is -2.19. The van der Waals surface area contributed by atoms with Gasteiger partial charge < -0.3 is 10.4 Å². The summed E-state index contributed by atoms with van der Waals surface area (Å²) in [6, 6.07) is 15.4. The quantitative estimate of drug-likeness (QED) is 0.853. The molecular formula is C17H18ClNO2. The molecule has 1 atom stereocenters. The first-order chi connectivity index (χ1) is 10.1. The minimum Gasteiger partial charge on any atom is -0.481 e. The topological polar surface area (TPSA) is 49.3 Å². The molecule has 0 heterocycles. The molecule has 0 radical (unpaired) electrons. The van der Waals surface area contributed by atoms with Crippen LogP contribution in [-0.2, 0) is 17.8 Å². The van der Waals surface area contributed by atoms with Gasteiger partial charge in [-0.05, 0) is 29.7 Å². The van der Waals surface area contributed by atoms with Crippen molar-refractivity contribution in [1.82, 2.24) is 5.32 Å². The fourth-order valence-corrected chi connectivity index (χ4v) is 2.56. The molecule has 0 unspecified atom stereocenters. The van der Waals surface area contributed by atoms with Crippen molar-refractivity contribution in [2.45, 2.75) is 25.9 Å². The van der Waals surface area contributed by atoms with Crippen LogP contribution in [-0.4, -0.2) is 11.1 Å². The molecular weight excluding hydrogens is 286 g/mol. The molecule has 0 aliphatic carbocycles. The van der Waals surface area contributed by atoms with Crippen LogP contribution in [0.5, 0.6) is 0 Å². The van der Waals surface area contributed by atoms with Crippen LogP contribution in [0.1, 0.15) is 29.7 Å². The van der Waals surface area contributed by atoms with E-state index in [2.05, 4.69) is 5.32 Å². The lowest BCUT2D eigenvalue weighted by atomic mass is 10.0. The third-order valence-electron chi connectivity index (χ3n) is 3.43. The molecule has 0 aliphatic heterocycles. The number of aliphatic carboxylic acids is 1. The van der Waals surface area contributed by atoms with E-state index in [-0.39, 0.29) is 12.5 Å². The highest BCUT2D eigenvalue weighted by Crippen LogP contribution is 2.22. The van der Waals surface area contributed by atoms with E-state index in [0.29, 0.717) is 6.54 Å². The molecule has 21 heavy (non-hydrogen) atoms. The van der Waals surface area contributed by atoms with E-state index in [9.17, 15) is 4.79 Å². The van der Waals surface area contributed by atoms with Gasteiger partial charge in [-0.1, -0.05) is 54.1 Å². The lowest BCUT2D eigenvalue weighted by Gasteiger charge is -2.17. The first-order valence-corrected chi connectivity index (χ1v) is 7.22. The zero-order valence-electron chi connectivity index (χ0n) is 11.8. The molecule has 0 saturated heterocycles. The molecule has 2 rings (SSSR count). The highest BCUT2D eigenvalue weighted by atomic mass is 35.5. The summed E-state index contributed by atoms with van der Waals surface area (Å²) in [5.74, 6) is -0.818. The SMILES string of the molecule is C[C@@H](NCc1ccccc1CC(=O)O)c1ccccc1Cl. The Morgan fingerprint density at radius 2 is 1.76 bits per heavy atom. The Labute approximate surface area is 129 Å². The highest BCUT2D eigenvalue weighted by Gasteiger charge is 2.10. The number of rotatable bonds is 6. The van der Waals surface area contributed by atoms with Gasteiger partial charge in [0, 0.05) is 17.6 Å². The van der Waals surface area contributed by atoms with Gasteiger partial charge in [0.15, 0.2) is 0 Å². The molecule has 0 bridgehead atoms. The van der Waals surface area contributed by atoms with Crippen LogP contribution in [0.15, 0.2) is 48.5 Å². The molecule has 0 saturated carbocycles. The number of carbonyl (C=O) groups is 1. The van der Waals surface area contributed by atoms with Crippen LogP contribution in [0.3, 0.4) is 0 Å². The predicted molar refractivity (Wildman–Crippen MR) is 84.5 cm³/mol. The van der Waals surface area contributed by atoms with Gasteiger partial charge in [0.05, 0.1) is 6.42 Å². The summed E-state index contributed by atoms with van der Waals surface area (Å²) in [6.45, 7) is 2.65. The number of halogens is 1. The van der Waals surface area contributed by atoms with E-state index in [4.69, 9.17) is 16.7 Å². The van der Waals surface area contributed by atoms with E-state index in [1.807, 2.05) is 55.5 Å². The van der Waals surface area contributed by atoms with Gasteiger partial charge in [-0.3, -0.25) is 4.79 Å². The van der Waals surface area contributed by atoms with Crippen LogP contribution in [0.4, 0.5) is 0 Å². The van der Waals surface area contributed by atoms with Gasteiger partial charge >= 0.3 is 5.97 Å². The second kappa shape index (κ2) is 7.25. The zero-order valence-corrected chi connectivity index (χ0v) is 12.6. The van der Waals surface area contributed by atoms with Crippen molar-refractivity contribution in [1.29, 1.82) is 0 Å². The number of hydrogen-bond acceptors (Lipinski definition) is 2. The van der Waals surface area contributed by atoms with Crippen molar-refractivity contribution in [3.05, 3.63) is 70.2 Å².